The van der Waals surface area contributed by atoms with Crippen molar-refractivity contribution in [1.29, 1.82) is 0 Å². The normalized spacial score (nSPS) is 29.7. The lowest BCUT2D eigenvalue weighted by Gasteiger charge is -2.18. The molecule has 74 valence electrons. The van der Waals surface area contributed by atoms with Crippen LogP contribution in [0, 0.1) is 5.92 Å². The van der Waals surface area contributed by atoms with Gasteiger partial charge in [-0.2, -0.15) is 0 Å². The number of hydrogen-bond donors (Lipinski definition) is 1. The molecule has 0 aliphatic carbocycles. The van der Waals surface area contributed by atoms with Gasteiger partial charge in [-0.3, -0.25) is 0 Å². The third-order valence-electron chi connectivity index (χ3n) is 2.52. The molecule has 0 saturated heterocycles. The molecule has 1 aliphatic heterocycles. The maximum absolute atomic E-state index is 13.4. The van der Waals surface area contributed by atoms with Gasteiger partial charge in [-0.05, 0) is 12.8 Å². The minimum absolute atomic E-state index is 0.228. The highest BCUT2D eigenvalue weighted by molar-refractivity contribution is 5.26. The summed E-state index contributed by atoms with van der Waals surface area (Å²) in [5, 5.41) is 3.00. The van der Waals surface area contributed by atoms with Crippen molar-refractivity contribution in [1.82, 2.24) is 5.32 Å². The van der Waals surface area contributed by atoms with E-state index >= 15 is 0 Å². The first-order chi connectivity index (χ1) is 6.06. The van der Waals surface area contributed by atoms with E-state index in [-0.39, 0.29) is 11.9 Å². The Morgan fingerprint density at radius 2 is 2.15 bits per heavy atom. The number of allylic oxidation sites excluding steroid dienone is 2. The van der Waals surface area contributed by atoms with Crippen LogP contribution in [0.4, 0.5) is 4.39 Å². The average molecular weight is 185 g/mol. The van der Waals surface area contributed by atoms with Gasteiger partial charge in [-0.25, -0.2) is 4.39 Å². The maximum Gasteiger partial charge on any atom is 0.183 e. The molecule has 1 heterocycles. The molecular formula is C10H16FNO. The van der Waals surface area contributed by atoms with Crippen LogP contribution in [-0.2, 0) is 4.74 Å². The van der Waals surface area contributed by atoms with Crippen LogP contribution in [0.1, 0.15) is 20.3 Å². The molecule has 0 radical (unpaired) electrons. The van der Waals surface area contributed by atoms with Gasteiger partial charge in [-0.15, -0.1) is 0 Å². The Morgan fingerprint density at radius 1 is 1.54 bits per heavy atom. The largest absolute Gasteiger partial charge is 0.498 e. The van der Waals surface area contributed by atoms with Crippen molar-refractivity contribution >= 4 is 0 Å². The van der Waals surface area contributed by atoms with E-state index in [0.29, 0.717) is 23.8 Å². The smallest absolute Gasteiger partial charge is 0.183 e. The number of hydrogen-bond acceptors (Lipinski definition) is 2. The van der Waals surface area contributed by atoms with E-state index in [4.69, 9.17) is 4.74 Å². The zero-order valence-corrected chi connectivity index (χ0v) is 8.36. The van der Waals surface area contributed by atoms with Crippen molar-refractivity contribution in [2.75, 3.05) is 7.11 Å². The zero-order chi connectivity index (χ0) is 10.0. The Morgan fingerprint density at radius 3 is 2.69 bits per heavy atom. The third-order valence-corrected chi connectivity index (χ3v) is 2.52. The molecule has 1 rings (SSSR count). The van der Waals surface area contributed by atoms with E-state index in [1.165, 1.54) is 7.11 Å². The molecule has 2 nitrogen and oxygen atoms in total. The Kier molecular flexibility index (Phi) is 2.96. The molecule has 0 aromatic rings. The quantitative estimate of drug-likeness (QED) is 0.677. The Balaban J connectivity index is 2.91. The molecule has 3 heteroatoms. The highest BCUT2D eigenvalue weighted by Gasteiger charge is 2.23. The molecule has 0 fully saturated rings. The van der Waals surface area contributed by atoms with E-state index < -0.39 is 0 Å². The van der Waals surface area contributed by atoms with Gasteiger partial charge in [0.15, 0.2) is 5.83 Å². The fraction of sp³-hybridized carbons (Fsp3) is 0.600. The molecule has 0 aromatic carbocycles. The molecule has 0 bridgehead atoms. The third kappa shape index (κ3) is 2.02. The number of methoxy groups -OCH3 is 1. The van der Waals surface area contributed by atoms with Gasteiger partial charge in [0, 0.05) is 12.5 Å². The van der Waals surface area contributed by atoms with Crippen molar-refractivity contribution < 1.29 is 9.13 Å². The van der Waals surface area contributed by atoms with Crippen molar-refractivity contribution in [3.05, 3.63) is 23.9 Å². The summed E-state index contributed by atoms with van der Waals surface area (Å²) in [7, 11) is 1.49. The lowest BCUT2D eigenvalue weighted by atomic mass is 10.00. The van der Waals surface area contributed by atoms with Crippen molar-refractivity contribution in [3.8, 4) is 0 Å². The van der Waals surface area contributed by atoms with Crippen molar-refractivity contribution in [3.63, 3.8) is 0 Å². The lowest BCUT2D eigenvalue weighted by molar-refractivity contribution is 0.247. The van der Waals surface area contributed by atoms with E-state index in [2.05, 4.69) is 18.8 Å². The monoisotopic (exact) mass is 185 g/mol. The number of rotatable bonds is 1. The Hall–Kier alpha value is -0.990. The van der Waals surface area contributed by atoms with Gasteiger partial charge in [0.1, 0.15) is 5.76 Å². The van der Waals surface area contributed by atoms with Crippen LogP contribution in [-0.4, -0.2) is 13.2 Å². The molecule has 13 heavy (non-hydrogen) atoms. The van der Waals surface area contributed by atoms with Crippen LogP contribution >= 0.6 is 0 Å². The molecule has 1 N–H and O–H groups in total. The summed E-state index contributed by atoms with van der Waals surface area (Å²) in [5.41, 5.74) is 0.328. The van der Waals surface area contributed by atoms with Crippen LogP contribution in [0.15, 0.2) is 23.9 Å². The first-order valence-electron chi connectivity index (χ1n) is 4.44. The summed E-state index contributed by atoms with van der Waals surface area (Å²) in [6, 6.07) is 0.228. The molecule has 1 aliphatic rings. The second kappa shape index (κ2) is 3.81. The van der Waals surface area contributed by atoms with Gasteiger partial charge < -0.3 is 10.1 Å². The minimum atomic E-state index is -0.348. The number of ether oxygens (including phenoxy) is 1. The Bertz CT molecular complexity index is 247. The van der Waals surface area contributed by atoms with E-state index in [9.17, 15) is 4.39 Å². The summed E-state index contributed by atoms with van der Waals surface area (Å²) >= 11 is 0. The lowest BCUT2D eigenvalue weighted by Crippen LogP contribution is -2.29. The van der Waals surface area contributed by atoms with Gasteiger partial charge in [0.25, 0.3) is 0 Å². The SMILES string of the molecule is C=C1N[C@H](C)C(C)CC(OC)=C1F. The molecule has 0 amide bonds. The minimum Gasteiger partial charge on any atom is -0.498 e. The number of halogens is 1. The zero-order valence-electron chi connectivity index (χ0n) is 8.36. The van der Waals surface area contributed by atoms with Crippen LogP contribution in [0.5, 0.6) is 0 Å². The standard InChI is InChI=1S/C10H16FNO/c1-6-5-9(13-4)10(11)8(3)12-7(6)2/h6-7,12H,3,5H2,1-2,4H3/t6?,7-/m1/s1. The molecule has 0 aromatic heterocycles. The van der Waals surface area contributed by atoms with E-state index in [1.807, 2.05) is 6.92 Å². The summed E-state index contributed by atoms with van der Waals surface area (Å²) in [6.07, 6.45) is 0.621. The number of nitrogens with one attached hydrogen (secondary N) is 1. The summed E-state index contributed by atoms with van der Waals surface area (Å²) < 4.78 is 18.4. The van der Waals surface area contributed by atoms with Gasteiger partial charge in [-0.1, -0.05) is 13.5 Å². The van der Waals surface area contributed by atoms with Crippen LogP contribution in [0.3, 0.4) is 0 Å². The van der Waals surface area contributed by atoms with E-state index in [0.717, 1.165) is 0 Å². The summed E-state index contributed by atoms with van der Waals surface area (Å²) in [5.74, 6) is 0.396. The summed E-state index contributed by atoms with van der Waals surface area (Å²) in [4.78, 5) is 0. The Labute approximate surface area is 78.5 Å². The summed E-state index contributed by atoms with van der Waals surface area (Å²) in [6.45, 7) is 7.69. The van der Waals surface area contributed by atoms with Gasteiger partial charge in [0.05, 0.1) is 12.8 Å². The second-order valence-corrected chi connectivity index (χ2v) is 3.53. The topological polar surface area (TPSA) is 21.3 Å². The fourth-order valence-electron chi connectivity index (χ4n) is 1.38. The molecule has 1 unspecified atom stereocenters. The van der Waals surface area contributed by atoms with Crippen molar-refractivity contribution in [2.24, 2.45) is 5.92 Å². The highest BCUT2D eigenvalue weighted by Crippen LogP contribution is 2.26. The van der Waals surface area contributed by atoms with Gasteiger partial charge >= 0.3 is 0 Å². The van der Waals surface area contributed by atoms with Crippen LogP contribution < -0.4 is 5.32 Å². The van der Waals surface area contributed by atoms with Crippen molar-refractivity contribution in [2.45, 2.75) is 26.3 Å². The molecule has 2 atom stereocenters. The second-order valence-electron chi connectivity index (χ2n) is 3.53. The highest BCUT2D eigenvalue weighted by atomic mass is 19.1. The predicted molar refractivity (Wildman–Crippen MR) is 50.7 cm³/mol. The predicted octanol–water partition coefficient (Wildman–Crippen LogP) is 2.35. The van der Waals surface area contributed by atoms with Gasteiger partial charge in [0.2, 0.25) is 0 Å². The fourth-order valence-corrected chi connectivity index (χ4v) is 1.38. The molecular weight excluding hydrogens is 169 g/mol. The van der Waals surface area contributed by atoms with Crippen LogP contribution in [0.25, 0.3) is 0 Å². The first-order valence-corrected chi connectivity index (χ1v) is 4.44. The maximum atomic E-state index is 13.4. The molecule has 0 spiro atoms. The average Bonchev–Trinajstić information content (AvgIpc) is 2.18. The van der Waals surface area contributed by atoms with E-state index in [1.54, 1.807) is 0 Å². The molecule has 0 saturated carbocycles. The van der Waals surface area contributed by atoms with Crippen LogP contribution in [0.2, 0.25) is 0 Å². The first kappa shape index (κ1) is 10.1.